The van der Waals surface area contributed by atoms with Crippen molar-refractivity contribution in [2.75, 3.05) is 27.4 Å². The summed E-state index contributed by atoms with van der Waals surface area (Å²) in [6.07, 6.45) is -1.83. The third-order valence-electron chi connectivity index (χ3n) is 3.40. The Bertz CT molecular complexity index is 469. The van der Waals surface area contributed by atoms with Crippen molar-refractivity contribution in [2.24, 2.45) is 0 Å². The SMILES string of the molecule is CNC(CCOCC(F)F)c1c(C)c(Br)cc(C)c1OC. The van der Waals surface area contributed by atoms with E-state index in [2.05, 4.69) is 21.2 Å². The Morgan fingerprint density at radius 1 is 1.33 bits per heavy atom. The van der Waals surface area contributed by atoms with Gasteiger partial charge >= 0.3 is 0 Å². The van der Waals surface area contributed by atoms with Crippen LogP contribution in [0.5, 0.6) is 5.75 Å². The Kier molecular flexibility index (Phi) is 7.56. The fourth-order valence-corrected chi connectivity index (χ4v) is 2.93. The van der Waals surface area contributed by atoms with Gasteiger partial charge in [0, 0.05) is 22.7 Å². The Labute approximate surface area is 133 Å². The Hall–Kier alpha value is -0.720. The quantitative estimate of drug-likeness (QED) is 0.706. The van der Waals surface area contributed by atoms with Crippen LogP contribution in [0.4, 0.5) is 8.78 Å². The summed E-state index contributed by atoms with van der Waals surface area (Å²) in [6, 6.07) is 1.99. The predicted octanol–water partition coefficient (Wildman–Crippen LogP) is 4.01. The van der Waals surface area contributed by atoms with Crippen LogP contribution in [0, 0.1) is 13.8 Å². The summed E-state index contributed by atoms with van der Waals surface area (Å²) >= 11 is 3.54. The second kappa shape index (κ2) is 8.66. The molecule has 6 heteroatoms. The highest BCUT2D eigenvalue weighted by atomic mass is 79.9. The van der Waals surface area contributed by atoms with Gasteiger partial charge in [-0.3, -0.25) is 0 Å². The molecule has 0 saturated heterocycles. The molecular weight excluding hydrogens is 344 g/mol. The van der Waals surface area contributed by atoms with Crippen molar-refractivity contribution in [3.63, 3.8) is 0 Å². The molecule has 1 atom stereocenters. The molecule has 0 saturated carbocycles. The lowest BCUT2D eigenvalue weighted by Gasteiger charge is -2.24. The zero-order chi connectivity index (χ0) is 16.0. The normalized spacial score (nSPS) is 12.8. The van der Waals surface area contributed by atoms with Crippen LogP contribution in [0.3, 0.4) is 0 Å². The molecule has 1 aromatic carbocycles. The van der Waals surface area contributed by atoms with Gasteiger partial charge in [0.15, 0.2) is 0 Å². The number of halogens is 3. The van der Waals surface area contributed by atoms with Crippen molar-refractivity contribution in [1.29, 1.82) is 0 Å². The summed E-state index contributed by atoms with van der Waals surface area (Å²) in [6.45, 7) is 3.73. The molecule has 3 nitrogen and oxygen atoms in total. The molecule has 0 bridgehead atoms. The minimum atomic E-state index is -2.43. The fourth-order valence-electron chi connectivity index (χ4n) is 2.37. The van der Waals surface area contributed by atoms with E-state index in [1.807, 2.05) is 27.0 Å². The van der Waals surface area contributed by atoms with Crippen LogP contribution in [-0.4, -0.2) is 33.8 Å². The highest BCUT2D eigenvalue weighted by Gasteiger charge is 2.20. The molecule has 0 amide bonds. The maximum Gasteiger partial charge on any atom is 0.261 e. The van der Waals surface area contributed by atoms with Gasteiger partial charge in [0.05, 0.1) is 7.11 Å². The van der Waals surface area contributed by atoms with E-state index in [9.17, 15) is 8.78 Å². The molecule has 1 aromatic rings. The van der Waals surface area contributed by atoms with E-state index in [0.717, 1.165) is 26.9 Å². The highest BCUT2D eigenvalue weighted by molar-refractivity contribution is 9.10. The summed E-state index contributed by atoms with van der Waals surface area (Å²) in [5.41, 5.74) is 3.14. The zero-order valence-corrected chi connectivity index (χ0v) is 14.4. The number of rotatable bonds is 8. The minimum absolute atomic E-state index is 0.0196. The summed E-state index contributed by atoms with van der Waals surface area (Å²) in [5.74, 6) is 0.823. The molecule has 1 N–H and O–H groups in total. The van der Waals surface area contributed by atoms with Crippen molar-refractivity contribution in [3.05, 3.63) is 27.2 Å². The minimum Gasteiger partial charge on any atom is -0.496 e. The van der Waals surface area contributed by atoms with Crippen LogP contribution in [0.15, 0.2) is 10.5 Å². The van der Waals surface area contributed by atoms with Gasteiger partial charge in [0.1, 0.15) is 12.4 Å². The van der Waals surface area contributed by atoms with Gasteiger partial charge in [-0.2, -0.15) is 0 Å². The first-order chi connectivity index (χ1) is 9.92. The Morgan fingerprint density at radius 2 is 2.00 bits per heavy atom. The van der Waals surface area contributed by atoms with Gasteiger partial charge < -0.3 is 14.8 Å². The van der Waals surface area contributed by atoms with E-state index in [-0.39, 0.29) is 12.6 Å². The summed E-state index contributed by atoms with van der Waals surface area (Å²) in [5, 5.41) is 3.21. The number of alkyl halides is 2. The van der Waals surface area contributed by atoms with E-state index in [1.54, 1.807) is 7.11 Å². The largest absolute Gasteiger partial charge is 0.496 e. The lowest BCUT2D eigenvalue weighted by atomic mass is 9.95. The maximum atomic E-state index is 12.1. The van der Waals surface area contributed by atoms with Gasteiger partial charge in [-0.1, -0.05) is 15.9 Å². The first-order valence-corrected chi connectivity index (χ1v) is 7.58. The number of methoxy groups -OCH3 is 1. The number of hydrogen-bond donors (Lipinski definition) is 1. The average molecular weight is 366 g/mol. The summed E-state index contributed by atoms with van der Waals surface area (Å²) in [4.78, 5) is 0. The first kappa shape index (κ1) is 18.3. The molecule has 0 radical (unpaired) electrons. The van der Waals surface area contributed by atoms with Crippen LogP contribution in [-0.2, 0) is 4.74 Å². The molecule has 0 spiro atoms. The molecule has 0 aliphatic rings. The molecule has 1 unspecified atom stereocenters. The van der Waals surface area contributed by atoms with E-state index in [4.69, 9.17) is 9.47 Å². The van der Waals surface area contributed by atoms with E-state index >= 15 is 0 Å². The summed E-state index contributed by atoms with van der Waals surface area (Å²) in [7, 11) is 3.48. The van der Waals surface area contributed by atoms with Crippen molar-refractivity contribution in [1.82, 2.24) is 5.32 Å². The smallest absolute Gasteiger partial charge is 0.261 e. The van der Waals surface area contributed by atoms with Crippen molar-refractivity contribution in [2.45, 2.75) is 32.7 Å². The second-order valence-corrected chi connectivity index (χ2v) is 5.70. The van der Waals surface area contributed by atoms with Gasteiger partial charge in [-0.25, -0.2) is 8.78 Å². The number of ether oxygens (including phenoxy) is 2. The van der Waals surface area contributed by atoms with E-state index < -0.39 is 13.0 Å². The highest BCUT2D eigenvalue weighted by Crippen LogP contribution is 2.37. The molecule has 0 fully saturated rings. The summed E-state index contributed by atoms with van der Waals surface area (Å²) < 4.78 is 35.7. The average Bonchev–Trinajstić information content (AvgIpc) is 2.43. The van der Waals surface area contributed by atoms with Crippen LogP contribution >= 0.6 is 15.9 Å². The van der Waals surface area contributed by atoms with E-state index in [1.165, 1.54) is 0 Å². The number of benzene rings is 1. The van der Waals surface area contributed by atoms with Crippen molar-refractivity contribution >= 4 is 15.9 Å². The first-order valence-electron chi connectivity index (χ1n) is 6.79. The fraction of sp³-hybridized carbons (Fsp3) is 0.600. The Balaban J connectivity index is 2.94. The third kappa shape index (κ3) is 4.90. The molecule has 21 heavy (non-hydrogen) atoms. The number of aryl methyl sites for hydroxylation is 1. The molecular formula is C15H22BrF2NO2. The molecule has 0 aliphatic carbocycles. The lowest BCUT2D eigenvalue weighted by molar-refractivity contribution is 0.0145. The molecule has 0 aliphatic heterocycles. The van der Waals surface area contributed by atoms with Crippen molar-refractivity contribution < 1.29 is 18.3 Å². The predicted molar refractivity (Wildman–Crippen MR) is 83.4 cm³/mol. The van der Waals surface area contributed by atoms with Gasteiger partial charge in [-0.05, 0) is 44.5 Å². The zero-order valence-electron chi connectivity index (χ0n) is 12.8. The Morgan fingerprint density at radius 3 is 2.52 bits per heavy atom. The second-order valence-electron chi connectivity index (χ2n) is 4.84. The molecule has 120 valence electrons. The molecule has 1 rings (SSSR count). The molecule has 0 aromatic heterocycles. The third-order valence-corrected chi connectivity index (χ3v) is 4.23. The van der Waals surface area contributed by atoms with Crippen LogP contribution in [0.25, 0.3) is 0 Å². The molecule has 0 heterocycles. The topological polar surface area (TPSA) is 30.5 Å². The van der Waals surface area contributed by atoms with Gasteiger partial charge in [-0.15, -0.1) is 0 Å². The van der Waals surface area contributed by atoms with Crippen LogP contribution in [0.1, 0.15) is 29.2 Å². The number of hydrogen-bond acceptors (Lipinski definition) is 3. The standard InChI is InChI=1S/C15H22BrF2NO2/c1-9-7-11(16)10(2)14(15(9)20-4)12(19-3)5-6-21-8-13(17)18/h7,12-13,19H,5-6,8H2,1-4H3. The van der Waals surface area contributed by atoms with Gasteiger partial charge in [0.2, 0.25) is 0 Å². The van der Waals surface area contributed by atoms with Crippen LogP contribution in [0.2, 0.25) is 0 Å². The van der Waals surface area contributed by atoms with E-state index in [0.29, 0.717) is 6.42 Å². The lowest BCUT2D eigenvalue weighted by Crippen LogP contribution is -2.21. The van der Waals surface area contributed by atoms with Crippen LogP contribution < -0.4 is 10.1 Å². The monoisotopic (exact) mass is 365 g/mol. The maximum absolute atomic E-state index is 12.1. The van der Waals surface area contributed by atoms with Crippen molar-refractivity contribution in [3.8, 4) is 5.75 Å². The number of nitrogens with one attached hydrogen (secondary N) is 1. The van der Waals surface area contributed by atoms with Gasteiger partial charge in [0.25, 0.3) is 6.43 Å².